The summed E-state index contributed by atoms with van der Waals surface area (Å²) in [6.45, 7) is 12.3. The minimum absolute atomic E-state index is 0.312. The van der Waals surface area contributed by atoms with Gasteiger partial charge in [-0.05, 0) is 54.0 Å². The molecule has 17 heavy (non-hydrogen) atoms. The Morgan fingerprint density at radius 2 is 1.76 bits per heavy atom. The summed E-state index contributed by atoms with van der Waals surface area (Å²) in [7, 11) is -1.55. The average Bonchev–Trinajstić information content (AvgIpc) is 2.20. The zero-order chi connectivity index (χ0) is 13.4. The molecule has 0 saturated carbocycles. The van der Waals surface area contributed by atoms with Crippen LogP contribution in [0.4, 0.5) is 0 Å². The summed E-state index contributed by atoms with van der Waals surface area (Å²) < 4.78 is 7.30. The van der Waals surface area contributed by atoms with Crippen LogP contribution in [0.1, 0.15) is 40.0 Å². The van der Waals surface area contributed by atoms with E-state index in [1.165, 1.54) is 10.8 Å². The van der Waals surface area contributed by atoms with Gasteiger partial charge in [0.2, 0.25) is 0 Å². The third-order valence-electron chi connectivity index (χ3n) is 3.25. The smallest absolute Gasteiger partial charge is 0.191 e. The lowest BCUT2D eigenvalue weighted by molar-refractivity contribution is 0.294. The molecule has 0 aliphatic heterocycles. The molecular weight excluding hydrogens is 339 g/mol. The van der Waals surface area contributed by atoms with E-state index in [9.17, 15) is 0 Å². The molecule has 0 spiro atoms. The van der Waals surface area contributed by atoms with E-state index in [0.717, 1.165) is 19.4 Å². The van der Waals surface area contributed by atoms with Gasteiger partial charge in [0.15, 0.2) is 8.32 Å². The van der Waals surface area contributed by atoms with Crippen LogP contribution in [0.15, 0.2) is 17.9 Å². The number of unbranched alkanes of at least 4 members (excludes halogenated alkanes) is 1. The van der Waals surface area contributed by atoms with Crippen molar-refractivity contribution in [3.05, 3.63) is 17.9 Å². The Labute approximate surface area is 122 Å². The fourth-order valence-corrected chi connectivity index (χ4v) is 2.52. The third-order valence-corrected chi connectivity index (χ3v) is 8.55. The number of hydrogen-bond acceptors (Lipinski definition) is 1. The Balaban J connectivity index is 3.82. The number of halogens is 1. The molecule has 3 heteroatoms. The molecule has 0 rings (SSSR count). The predicted molar refractivity (Wildman–Crippen MR) is 88.5 cm³/mol. The summed E-state index contributed by atoms with van der Waals surface area (Å²) in [5.74, 6) is 0. The molecule has 100 valence electrons. The summed E-state index contributed by atoms with van der Waals surface area (Å²) in [6, 6.07) is 0. The third kappa shape index (κ3) is 8.19. The van der Waals surface area contributed by atoms with Crippen molar-refractivity contribution >= 4 is 30.9 Å². The van der Waals surface area contributed by atoms with Crippen LogP contribution in [0.25, 0.3) is 0 Å². The fourth-order valence-electron chi connectivity index (χ4n) is 1.02. The van der Waals surface area contributed by atoms with Gasteiger partial charge in [-0.25, -0.2) is 0 Å². The first kappa shape index (κ1) is 17.4. The molecule has 0 saturated heterocycles. The van der Waals surface area contributed by atoms with Crippen LogP contribution in [0.5, 0.6) is 0 Å². The van der Waals surface area contributed by atoms with E-state index >= 15 is 0 Å². The highest BCUT2D eigenvalue weighted by atomic mass is 127. The highest BCUT2D eigenvalue weighted by molar-refractivity contribution is 14.1. The van der Waals surface area contributed by atoms with Crippen molar-refractivity contribution < 1.29 is 4.43 Å². The van der Waals surface area contributed by atoms with Crippen molar-refractivity contribution in [3.63, 3.8) is 0 Å². The standard InChI is InChI=1S/C14H27IOSi/c1-14(2,3)17(4,5)16-13-11-9-7-6-8-10-12-15/h6,9H,8,10-13H2,1-5H3. The van der Waals surface area contributed by atoms with E-state index in [4.69, 9.17) is 4.43 Å². The summed E-state index contributed by atoms with van der Waals surface area (Å²) >= 11 is 2.40. The van der Waals surface area contributed by atoms with Crippen molar-refractivity contribution in [1.29, 1.82) is 0 Å². The summed E-state index contributed by atoms with van der Waals surface area (Å²) in [4.78, 5) is 0. The molecule has 0 atom stereocenters. The monoisotopic (exact) mass is 366 g/mol. The summed E-state index contributed by atoms with van der Waals surface area (Å²) in [5.41, 5.74) is 3.23. The maximum Gasteiger partial charge on any atom is 0.191 e. The number of rotatable bonds is 7. The van der Waals surface area contributed by atoms with E-state index in [2.05, 4.69) is 74.3 Å². The second kappa shape index (κ2) is 8.52. The molecule has 0 radical (unpaired) electrons. The first-order valence-corrected chi connectivity index (χ1v) is 10.8. The average molecular weight is 366 g/mol. The van der Waals surface area contributed by atoms with E-state index in [1.807, 2.05) is 0 Å². The number of hydrogen-bond donors (Lipinski definition) is 0. The van der Waals surface area contributed by atoms with E-state index in [1.54, 1.807) is 0 Å². The van der Waals surface area contributed by atoms with Gasteiger partial charge in [0, 0.05) is 6.61 Å². The Hall–Kier alpha value is 0.427. The van der Waals surface area contributed by atoms with Crippen molar-refractivity contribution in [2.75, 3.05) is 11.0 Å². The second-order valence-electron chi connectivity index (χ2n) is 5.80. The molecule has 0 amide bonds. The van der Waals surface area contributed by atoms with Gasteiger partial charge < -0.3 is 4.43 Å². The molecule has 0 N–H and O–H groups in total. The molecule has 0 bridgehead atoms. The van der Waals surface area contributed by atoms with Gasteiger partial charge in [0.25, 0.3) is 0 Å². The van der Waals surface area contributed by atoms with Crippen LogP contribution in [-0.4, -0.2) is 19.4 Å². The molecule has 0 aliphatic rings. The first-order valence-electron chi connectivity index (χ1n) is 6.40. The molecule has 1 nitrogen and oxygen atoms in total. The Morgan fingerprint density at radius 3 is 2.29 bits per heavy atom. The number of alkyl halides is 1. The maximum atomic E-state index is 6.07. The van der Waals surface area contributed by atoms with Gasteiger partial charge in [-0.1, -0.05) is 43.4 Å². The summed E-state index contributed by atoms with van der Waals surface area (Å²) in [6.07, 6.45) is 7.60. The zero-order valence-corrected chi connectivity index (χ0v) is 15.1. The lowest BCUT2D eigenvalue weighted by Gasteiger charge is -2.36. The molecule has 0 aromatic heterocycles. The van der Waals surface area contributed by atoms with Crippen LogP contribution >= 0.6 is 22.6 Å². The molecule has 0 aromatic rings. The molecule has 0 aliphatic carbocycles. The molecule has 0 heterocycles. The zero-order valence-electron chi connectivity index (χ0n) is 12.0. The Morgan fingerprint density at radius 1 is 1.18 bits per heavy atom. The maximum absolute atomic E-state index is 6.07. The van der Waals surface area contributed by atoms with E-state index in [-0.39, 0.29) is 0 Å². The van der Waals surface area contributed by atoms with Gasteiger partial charge in [0.1, 0.15) is 0 Å². The van der Waals surface area contributed by atoms with Crippen LogP contribution in [0, 0.1) is 0 Å². The topological polar surface area (TPSA) is 9.23 Å². The molecule has 0 aromatic carbocycles. The van der Waals surface area contributed by atoms with Crippen molar-refractivity contribution in [2.24, 2.45) is 0 Å². The lowest BCUT2D eigenvalue weighted by atomic mass is 10.2. The molecule has 0 fully saturated rings. The largest absolute Gasteiger partial charge is 0.416 e. The van der Waals surface area contributed by atoms with E-state index < -0.39 is 8.32 Å². The first-order chi connectivity index (χ1) is 7.81. The van der Waals surface area contributed by atoms with Gasteiger partial charge in [-0.15, -0.1) is 5.73 Å². The Kier molecular flexibility index (Phi) is 8.73. The summed E-state index contributed by atoms with van der Waals surface area (Å²) in [5, 5.41) is 0.312. The van der Waals surface area contributed by atoms with Gasteiger partial charge in [-0.3, -0.25) is 0 Å². The normalized spacial score (nSPS) is 12.1. The predicted octanol–water partition coefficient (Wildman–Crippen LogP) is 5.32. The Bertz CT molecular complexity index is 260. The molecular formula is C14H27IOSi. The van der Waals surface area contributed by atoms with Crippen LogP contribution in [0.3, 0.4) is 0 Å². The minimum Gasteiger partial charge on any atom is -0.416 e. The van der Waals surface area contributed by atoms with Crippen LogP contribution in [-0.2, 0) is 4.43 Å². The van der Waals surface area contributed by atoms with Crippen molar-refractivity contribution in [3.8, 4) is 0 Å². The van der Waals surface area contributed by atoms with Gasteiger partial charge >= 0.3 is 0 Å². The van der Waals surface area contributed by atoms with Crippen LogP contribution in [0.2, 0.25) is 18.1 Å². The van der Waals surface area contributed by atoms with Crippen molar-refractivity contribution in [1.82, 2.24) is 0 Å². The van der Waals surface area contributed by atoms with E-state index in [0.29, 0.717) is 5.04 Å². The fraction of sp³-hybridized carbons (Fsp3) is 0.786. The lowest BCUT2D eigenvalue weighted by Crippen LogP contribution is -2.40. The van der Waals surface area contributed by atoms with Gasteiger partial charge in [-0.2, -0.15) is 0 Å². The minimum atomic E-state index is -1.55. The molecule has 0 unspecified atom stereocenters. The quantitative estimate of drug-likeness (QED) is 0.195. The SMILES string of the molecule is CC(C)(C)[Si](C)(C)OCCC=C=CCCCI. The van der Waals surface area contributed by atoms with Crippen LogP contribution < -0.4 is 0 Å². The second-order valence-corrected chi connectivity index (χ2v) is 11.7. The highest BCUT2D eigenvalue weighted by Gasteiger charge is 2.36. The van der Waals surface area contributed by atoms with Crippen molar-refractivity contribution in [2.45, 2.75) is 58.2 Å². The highest BCUT2D eigenvalue weighted by Crippen LogP contribution is 2.36. The van der Waals surface area contributed by atoms with Gasteiger partial charge in [0.05, 0.1) is 0 Å².